The summed E-state index contributed by atoms with van der Waals surface area (Å²) in [6.45, 7) is 0. The molecule has 0 N–H and O–H groups in total. The molecule has 0 bridgehead atoms. The highest BCUT2D eigenvalue weighted by Gasteiger charge is 2.17. The molecule has 86 valence electrons. The maximum absolute atomic E-state index is 10.8. The number of allylic oxidation sites excluding steroid dienone is 2. The first-order valence-electron chi connectivity index (χ1n) is 5.65. The Morgan fingerprint density at radius 1 is 1.40 bits per heavy atom. The Labute approximate surface area is 99.2 Å². The molecule has 0 aromatic heterocycles. The smallest absolute Gasteiger partial charge is 0.242 e. The van der Waals surface area contributed by atoms with Gasteiger partial charge in [0.05, 0.1) is 4.92 Å². The monoisotopic (exact) mass is 275 g/mol. The minimum atomic E-state index is -0.211. The maximum atomic E-state index is 10.8. The minimum Gasteiger partial charge on any atom is -0.259 e. The summed E-state index contributed by atoms with van der Waals surface area (Å²) in [5, 5.41) is 11.6. The summed E-state index contributed by atoms with van der Waals surface area (Å²) in [6, 6.07) is 0. The van der Waals surface area contributed by atoms with Crippen LogP contribution in [-0.4, -0.2) is 10.3 Å². The van der Waals surface area contributed by atoms with Crippen molar-refractivity contribution in [3.05, 3.63) is 21.9 Å². The van der Waals surface area contributed by atoms with Crippen molar-refractivity contribution >= 4 is 15.9 Å². The van der Waals surface area contributed by atoms with E-state index >= 15 is 0 Å². The van der Waals surface area contributed by atoms with Crippen LogP contribution < -0.4 is 0 Å². The Morgan fingerprint density at radius 2 is 2.07 bits per heavy atom. The van der Waals surface area contributed by atoms with E-state index in [1.165, 1.54) is 19.3 Å². The van der Waals surface area contributed by atoms with Crippen molar-refractivity contribution in [2.45, 2.75) is 44.9 Å². The number of nitro groups is 1. The van der Waals surface area contributed by atoms with Gasteiger partial charge in [-0.2, -0.15) is 0 Å². The van der Waals surface area contributed by atoms with E-state index < -0.39 is 0 Å². The second-order valence-electron chi connectivity index (χ2n) is 4.11. The summed E-state index contributed by atoms with van der Waals surface area (Å²) >= 11 is 3.30. The van der Waals surface area contributed by atoms with Crippen LogP contribution in [0.5, 0.6) is 0 Å². The standard InChI is InChI=1S/C11H18BrNO2/c12-8-4-7-11(13(14)15)9-10-5-2-1-3-6-10/h9-10H,1-8H2/b11-9+. The first kappa shape index (κ1) is 12.7. The molecular formula is C11H18BrNO2. The normalized spacial score (nSPS) is 19.1. The molecule has 0 saturated heterocycles. The van der Waals surface area contributed by atoms with Crippen molar-refractivity contribution < 1.29 is 4.92 Å². The number of hydrogen-bond donors (Lipinski definition) is 0. The van der Waals surface area contributed by atoms with E-state index in [9.17, 15) is 10.1 Å². The predicted molar refractivity (Wildman–Crippen MR) is 64.7 cm³/mol. The van der Waals surface area contributed by atoms with E-state index in [0.717, 1.165) is 24.6 Å². The zero-order valence-electron chi connectivity index (χ0n) is 8.95. The maximum Gasteiger partial charge on any atom is 0.242 e. The van der Waals surface area contributed by atoms with Gasteiger partial charge in [0.1, 0.15) is 0 Å². The predicted octanol–water partition coefficient (Wildman–Crippen LogP) is 3.90. The molecule has 4 heteroatoms. The molecule has 1 rings (SSSR count). The SMILES string of the molecule is O=[N+]([O-])/C(=C/C1CCCCC1)CCCBr. The van der Waals surface area contributed by atoms with Gasteiger partial charge in [-0.1, -0.05) is 35.2 Å². The fourth-order valence-electron chi connectivity index (χ4n) is 2.06. The fraction of sp³-hybridized carbons (Fsp3) is 0.818. The van der Waals surface area contributed by atoms with E-state index in [1.54, 1.807) is 0 Å². The second kappa shape index (κ2) is 6.99. The Balaban J connectivity index is 2.52. The Hall–Kier alpha value is -0.380. The number of hydrogen-bond acceptors (Lipinski definition) is 2. The van der Waals surface area contributed by atoms with Gasteiger partial charge in [-0.15, -0.1) is 0 Å². The van der Waals surface area contributed by atoms with Crippen molar-refractivity contribution in [3.8, 4) is 0 Å². The Bertz CT molecular complexity index is 235. The van der Waals surface area contributed by atoms with Crippen LogP contribution in [0.25, 0.3) is 0 Å². The molecule has 0 spiro atoms. The van der Waals surface area contributed by atoms with E-state index in [-0.39, 0.29) is 4.92 Å². The average molecular weight is 276 g/mol. The molecule has 0 radical (unpaired) electrons. The highest BCUT2D eigenvalue weighted by molar-refractivity contribution is 9.09. The summed E-state index contributed by atoms with van der Waals surface area (Å²) in [5.41, 5.74) is 0.418. The largest absolute Gasteiger partial charge is 0.259 e. The van der Waals surface area contributed by atoms with Crippen LogP contribution in [-0.2, 0) is 0 Å². The topological polar surface area (TPSA) is 43.1 Å². The molecule has 0 aromatic rings. The van der Waals surface area contributed by atoms with Crippen LogP contribution in [0.3, 0.4) is 0 Å². The van der Waals surface area contributed by atoms with Gasteiger partial charge in [-0.05, 0) is 31.3 Å². The molecular weight excluding hydrogens is 258 g/mol. The Morgan fingerprint density at radius 3 is 2.60 bits per heavy atom. The van der Waals surface area contributed by atoms with Crippen LogP contribution in [0.1, 0.15) is 44.9 Å². The highest BCUT2D eigenvalue weighted by atomic mass is 79.9. The fourth-order valence-corrected chi connectivity index (χ4v) is 2.34. The lowest BCUT2D eigenvalue weighted by Crippen LogP contribution is -2.07. The van der Waals surface area contributed by atoms with Crippen LogP contribution in [0.2, 0.25) is 0 Å². The van der Waals surface area contributed by atoms with E-state index in [2.05, 4.69) is 15.9 Å². The zero-order valence-corrected chi connectivity index (χ0v) is 10.5. The van der Waals surface area contributed by atoms with Crippen LogP contribution in [0, 0.1) is 16.0 Å². The van der Waals surface area contributed by atoms with E-state index in [0.29, 0.717) is 18.0 Å². The van der Waals surface area contributed by atoms with Gasteiger partial charge in [-0.3, -0.25) is 10.1 Å². The van der Waals surface area contributed by atoms with E-state index in [4.69, 9.17) is 0 Å². The minimum absolute atomic E-state index is 0.211. The molecule has 0 aliphatic heterocycles. The number of alkyl halides is 1. The van der Waals surface area contributed by atoms with Crippen LogP contribution in [0.4, 0.5) is 0 Å². The van der Waals surface area contributed by atoms with E-state index in [1.807, 2.05) is 6.08 Å². The summed E-state index contributed by atoms with van der Waals surface area (Å²) in [6.07, 6.45) is 9.35. The van der Waals surface area contributed by atoms with Gasteiger partial charge >= 0.3 is 0 Å². The molecule has 0 amide bonds. The van der Waals surface area contributed by atoms with Gasteiger partial charge in [0.25, 0.3) is 0 Å². The Kier molecular flexibility index (Phi) is 5.91. The summed E-state index contributed by atoms with van der Waals surface area (Å²) in [7, 11) is 0. The van der Waals surface area contributed by atoms with Gasteiger partial charge < -0.3 is 0 Å². The summed E-state index contributed by atoms with van der Waals surface area (Å²) < 4.78 is 0. The van der Waals surface area contributed by atoms with Gasteiger partial charge in [0.2, 0.25) is 5.70 Å². The third-order valence-corrected chi connectivity index (χ3v) is 3.44. The van der Waals surface area contributed by atoms with Crippen LogP contribution >= 0.6 is 15.9 Å². The summed E-state index contributed by atoms with van der Waals surface area (Å²) in [5.74, 6) is 0.453. The number of halogens is 1. The van der Waals surface area contributed by atoms with Crippen molar-refractivity contribution in [2.24, 2.45) is 5.92 Å². The highest BCUT2D eigenvalue weighted by Crippen LogP contribution is 2.26. The lowest BCUT2D eigenvalue weighted by molar-refractivity contribution is -0.428. The van der Waals surface area contributed by atoms with Crippen LogP contribution in [0.15, 0.2) is 11.8 Å². The van der Waals surface area contributed by atoms with Crippen molar-refractivity contribution in [1.29, 1.82) is 0 Å². The summed E-state index contributed by atoms with van der Waals surface area (Å²) in [4.78, 5) is 10.6. The number of nitrogens with zero attached hydrogens (tertiary/aromatic N) is 1. The lowest BCUT2D eigenvalue weighted by atomic mass is 9.88. The molecule has 1 aliphatic rings. The second-order valence-corrected chi connectivity index (χ2v) is 4.90. The zero-order chi connectivity index (χ0) is 11.1. The van der Waals surface area contributed by atoms with Gasteiger partial charge in [0.15, 0.2) is 0 Å². The van der Waals surface area contributed by atoms with Gasteiger partial charge in [-0.25, -0.2) is 0 Å². The number of rotatable bonds is 5. The molecule has 0 heterocycles. The van der Waals surface area contributed by atoms with Crippen molar-refractivity contribution in [3.63, 3.8) is 0 Å². The lowest BCUT2D eigenvalue weighted by Gasteiger charge is -2.17. The van der Waals surface area contributed by atoms with Crippen molar-refractivity contribution in [2.75, 3.05) is 5.33 Å². The molecule has 1 aliphatic carbocycles. The molecule has 1 fully saturated rings. The van der Waals surface area contributed by atoms with Gasteiger partial charge in [0, 0.05) is 11.8 Å². The first-order chi connectivity index (χ1) is 7.24. The quantitative estimate of drug-likeness (QED) is 0.434. The molecule has 0 unspecified atom stereocenters. The molecule has 15 heavy (non-hydrogen) atoms. The molecule has 0 atom stereocenters. The third kappa shape index (κ3) is 4.78. The average Bonchev–Trinajstić information content (AvgIpc) is 2.25. The molecule has 0 aromatic carbocycles. The first-order valence-corrected chi connectivity index (χ1v) is 6.77. The molecule has 3 nitrogen and oxygen atoms in total. The third-order valence-electron chi connectivity index (χ3n) is 2.88. The molecule has 1 saturated carbocycles. The van der Waals surface area contributed by atoms with Crippen molar-refractivity contribution in [1.82, 2.24) is 0 Å².